The molecule has 12 heteroatoms. The van der Waals surface area contributed by atoms with Crippen molar-refractivity contribution in [2.24, 2.45) is 11.8 Å². The van der Waals surface area contributed by atoms with E-state index in [1.165, 1.54) is 12.1 Å². The van der Waals surface area contributed by atoms with Crippen LogP contribution >= 0.6 is 11.6 Å². The van der Waals surface area contributed by atoms with Crippen molar-refractivity contribution in [1.82, 2.24) is 9.62 Å². The third kappa shape index (κ3) is 7.41. The molecule has 2 aliphatic rings. The number of carbonyl (C=O) groups excluding carboxylic acids is 1. The standard InChI is InChI=1S/C27H35ClN2O8S/c1-17(2)14-30(39(34,35)19-8-9-21(28)23(31)13-19)15-24(32)22(12-18-6-4-3-5-7-18)29-27(33)38-25-16-37-26-20(25)10-11-36-26/h3-9,13,17,20,22,24-26,31-32H,10-12,14-16H2,1-2H3,(H,29,33)/t20?,22-,24+,25-,26+/m0/s1. The average Bonchev–Trinajstić information content (AvgIpc) is 3.50. The van der Waals surface area contributed by atoms with Crippen LogP contribution in [0, 0.1) is 11.8 Å². The van der Waals surface area contributed by atoms with Gasteiger partial charge in [0.1, 0.15) is 11.9 Å². The highest BCUT2D eigenvalue weighted by atomic mass is 35.5. The Morgan fingerprint density at radius 3 is 2.62 bits per heavy atom. The summed E-state index contributed by atoms with van der Waals surface area (Å²) in [5, 5.41) is 24.1. The molecule has 0 saturated carbocycles. The van der Waals surface area contributed by atoms with Crippen molar-refractivity contribution in [3.8, 4) is 5.75 Å². The molecule has 2 aromatic carbocycles. The molecule has 2 fully saturated rings. The molecule has 1 amide bonds. The molecule has 3 N–H and O–H groups in total. The fraction of sp³-hybridized carbons (Fsp3) is 0.519. The number of halogens is 1. The summed E-state index contributed by atoms with van der Waals surface area (Å²) in [5.74, 6) is -0.474. The van der Waals surface area contributed by atoms with E-state index < -0.39 is 34.4 Å². The zero-order valence-corrected chi connectivity index (χ0v) is 23.5. The number of alkyl carbamates (subject to hydrolysis) is 1. The van der Waals surface area contributed by atoms with Crippen molar-refractivity contribution in [2.45, 2.75) is 56.1 Å². The first-order chi connectivity index (χ1) is 18.5. The van der Waals surface area contributed by atoms with Crippen molar-refractivity contribution < 1.29 is 37.6 Å². The third-order valence-electron chi connectivity index (χ3n) is 6.82. The highest BCUT2D eigenvalue weighted by Gasteiger charge is 2.44. The molecular weight excluding hydrogens is 548 g/mol. The summed E-state index contributed by atoms with van der Waals surface area (Å²) in [6.07, 6.45) is -1.89. The molecule has 2 saturated heterocycles. The van der Waals surface area contributed by atoms with E-state index in [2.05, 4.69) is 5.32 Å². The van der Waals surface area contributed by atoms with Crippen molar-refractivity contribution >= 4 is 27.7 Å². The Balaban J connectivity index is 1.52. The van der Waals surface area contributed by atoms with E-state index in [4.69, 9.17) is 25.8 Å². The second-order valence-corrected chi connectivity index (χ2v) is 12.7. The zero-order chi connectivity index (χ0) is 28.2. The lowest BCUT2D eigenvalue weighted by Gasteiger charge is -2.31. The smallest absolute Gasteiger partial charge is 0.407 e. The molecule has 0 aromatic heterocycles. The Kier molecular flexibility index (Phi) is 9.73. The Morgan fingerprint density at radius 2 is 1.92 bits per heavy atom. The van der Waals surface area contributed by atoms with E-state index in [9.17, 15) is 23.4 Å². The van der Waals surface area contributed by atoms with Crippen LogP contribution in [0.15, 0.2) is 53.4 Å². The van der Waals surface area contributed by atoms with Crippen molar-refractivity contribution in [3.05, 3.63) is 59.1 Å². The predicted molar refractivity (Wildman–Crippen MR) is 144 cm³/mol. The van der Waals surface area contributed by atoms with E-state index in [-0.39, 0.29) is 59.9 Å². The van der Waals surface area contributed by atoms with E-state index in [0.717, 1.165) is 22.4 Å². The summed E-state index contributed by atoms with van der Waals surface area (Å²) in [4.78, 5) is 12.8. The number of nitrogens with one attached hydrogen (secondary N) is 1. The van der Waals surface area contributed by atoms with Crippen LogP contribution in [0.25, 0.3) is 0 Å². The molecular formula is C27H35ClN2O8S. The average molecular weight is 583 g/mol. The minimum absolute atomic E-state index is 0.0261. The molecule has 39 heavy (non-hydrogen) atoms. The zero-order valence-electron chi connectivity index (χ0n) is 21.9. The lowest BCUT2D eigenvalue weighted by molar-refractivity contribution is -0.0907. The van der Waals surface area contributed by atoms with Crippen molar-refractivity contribution in [3.63, 3.8) is 0 Å². The Morgan fingerprint density at radius 1 is 1.18 bits per heavy atom. The van der Waals surface area contributed by atoms with Gasteiger partial charge in [-0.05, 0) is 36.5 Å². The van der Waals surface area contributed by atoms with Crippen LogP contribution in [0.1, 0.15) is 25.8 Å². The van der Waals surface area contributed by atoms with Gasteiger partial charge in [-0.25, -0.2) is 13.2 Å². The van der Waals surface area contributed by atoms with E-state index in [1.807, 2.05) is 44.2 Å². The van der Waals surface area contributed by atoms with Gasteiger partial charge in [-0.3, -0.25) is 0 Å². The van der Waals surface area contributed by atoms with Crippen LogP contribution in [0.4, 0.5) is 4.79 Å². The van der Waals surface area contributed by atoms with E-state index >= 15 is 0 Å². The number of aromatic hydroxyl groups is 1. The number of aliphatic hydroxyl groups is 1. The van der Waals surface area contributed by atoms with Crippen LogP contribution in [0.3, 0.4) is 0 Å². The molecule has 0 spiro atoms. The summed E-state index contributed by atoms with van der Waals surface area (Å²) >= 11 is 5.87. The number of amides is 1. The van der Waals surface area contributed by atoms with Crippen LogP contribution in [-0.4, -0.2) is 79.9 Å². The lowest BCUT2D eigenvalue weighted by atomic mass is 10.0. The van der Waals surface area contributed by atoms with Crippen LogP contribution in [0.5, 0.6) is 5.75 Å². The number of carbonyl (C=O) groups is 1. The number of benzene rings is 2. The monoisotopic (exact) mass is 582 g/mol. The molecule has 2 aromatic rings. The molecule has 0 radical (unpaired) electrons. The summed E-state index contributed by atoms with van der Waals surface area (Å²) < 4.78 is 44.9. The van der Waals surface area contributed by atoms with Gasteiger partial charge < -0.3 is 29.7 Å². The fourth-order valence-electron chi connectivity index (χ4n) is 4.84. The third-order valence-corrected chi connectivity index (χ3v) is 8.97. The Bertz CT molecular complexity index is 1230. The van der Waals surface area contributed by atoms with E-state index in [1.54, 1.807) is 0 Å². The van der Waals surface area contributed by atoms with Gasteiger partial charge in [0.2, 0.25) is 10.0 Å². The minimum Gasteiger partial charge on any atom is -0.506 e. The summed E-state index contributed by atoms with van der Waals surface area (Å²) in [6, 6.07) is 12.1. The number of hydrogen-bond donors (Lipinski definition) is 3. The number of fused-ring (bicyclic) bond motifs is 1. The highest BCUT2D eigenvalue weighted by molar-refractivity contribution is 7.89. The van der Waals surface area contributed by atoms with Gasteiger partial charge in [-0.1, -0.05) is 55.8 Å². The Hall–Kier alpha value is -2.41. The van der Waals surface area contributed by atoms with Crippen LogP contribution in [0.2, 0.25) is 5.02 Å². The van der Waals surface area contributed by atoms with Crippen LogP contribution in [-0.2, 0) is 30.7 Å². The minimum atomic E-state index is -4.11. The summed E-state index contributed by atoms with van der Waals surface area (Å²) in [5.41, 5.74) is 0.844. The van der Waals surface area contributed by atoms with Crippen molar-refractivity contribution in [2.75, 3.05) is 26.3 Å². The maximum Gasteiger partial charge on any atom is 0.407 e. The Labute approximate surface area is 233 Å². The molecule has 5 atom stereocenters. The quantitative estimate of drug-likeness (QED) is 0.368. The first-order valence-electron chi connectivity index (χ1n) is 13.0. The molecule has 2 heterocycles. The van der Waals surface area contributed by atoms with Gasteiger partial charge in [-0.15, -0.1) is 0 Å². The maximum atomic E-state index is 13.5. The molecule has 10 nitrogen and oxygen atoms in total. The van der Waals surface area contributed by atoms with E-state index in [0.29, 0.717) is 6.61 Å². The number of aliphatic hydroxyl groups excluding tert-OH is 1. The summed E-state index contributed by atoms with van der Waals surface area (Å²) in [7, 11) is -4.11. The first kappa shape index (κ1) is 29.6. The van der Waals surface area contributed by atoms with Gasteiger partial charge >= 0.3 is 6.09 Å². The largest absolute Gasteiger partial charge is 0.506 e. The molecule has 0 bridgehead atoms. The maximum absolute atomic E-state index is 13.5. The SMILES string of the molecule is CC(C)CN(C[C@@H](O)[C@H](Cc1ccccc1)NC(=O)O[C@H]1CO[C@H]2OCCC21)S(=O)(=O)c1ccc(Cl)c(O)c1. The number of phenolic OH excluding ortho intramolecular Hbond substituents is 1. The van der Waals surface area contributed by atoms with Gasteiger partial charge in [0, 0.05) is 19.2 Å². The second-order valence-electron chi connectivity index (χ2n) is 10.3. The number of hydrogen-bond acceptors (Lipinski definition) is 8. The number of rotatable bonds is 11. The normalized spacial score (nSPS) is 22.6. The molecule has 4 rings (SSSR count). The molecule has 0 aliphatic carbocycles. The molecule has 2 aliphatic heterocycles. The predicted octanol–water partition coefficient (Wildman–Crippen LogP) is 3.15. The number of sulfonamides is 1. The van der Waals surface area contributed by atoms with Gasteiger partial charge in [0.25, 0.3) is 0 Å². The topological polar surface area (TPSA) is 135 Å². The first-order valence-corrected chi connectivity index (χ1v) is 14.8. The molecule has 214 valence electrons. The lowest BCUT2D eigenvalue weighted by Crippen LogP contribution is -2.51. The van der Waals surface area contributed by atoms with Gasteiger partial charge in [0.15, 0.2) is 6.29 Å². The second kappa shape index (κ2) is 12.8. The van der Waals surface area contributed by atoms with Gasteiger partial charge in [0.05, 0.1) is 41.2 Å². The van der Waals surface area contributed by atoms with Crippen LogP contribution < -0.4 is 5.32 Å². The number of ether oxygens (including phenoxy) is 3. The number of phenols is 1. The highest BCUT2D eigenvalue weighted by Crippen LogP contribution is 2.33. The summed E-state index contributed by atoms with van der Waals surface area (Å²) in [6.45, 7) is 4.28. The van der Waals surface area contributed by atoms with Crippen molar-refractivity contribution in [1.29, 1.82) is 0 Å². The fourth-order valence-corrected chi connectivity index (χ4v) is 6.60. The van der Waals surface area contributed by atoms with Gasteiger partial charge in [-0.2, -0.15) is 4.31 Å². The number of nitrogens with zero attached hydrogens (tertiary/aromatic N) is 1. The molecule has 1 unspecified atom stereocenters.